The standard InChI is InChI=1S/C17H13Cl2NO/c18-12-6-7-13(16(19)8-12)14-9-20-10-15(14)17(21)11-4-2-1-3-5-11/h1-10,17,20-21H/t17-/m1/s1. The SMILES string of the molecule is O[C@H](c1ccccc1)c1c[nH]cc1-c1ccc(Cl)cc1Cl. The lowest BCUT2D eigenvalue weighted by Gasteiger charge is -2.13. The molecule has 0 aliphatic rings. The third-order valence-electron chi connectivity index (χ3n) is 3.41. The molecule has 1 aromatic heterocycles. The highest BCUT2D eigenvalue weighted by atomic mass is 35.5. The number of aromatic nitrogens is 1. The maximum Gasteiger partial charge on any atom is 0.106 e. The molecule has 3 rings (SSSR count). The molecule has 0 radical (unpaired) electrons. The Morgan fingerprint density at radius 2 is 1.67 bits per heavy atom. The smallest absolute Gasteiger partial charge is 0.106 e. The van der Waals surface area contributed by atoms with Crippen molar-refractivity contribution in [1.29, 1.82) is 0 Å². The summed E-state index contributed by atoms with van der Waals surface area (Å²) in [6.45, 7) is 0. The summed E-state index contributed by atoms with van der Waals surface area (Å²) in [5.41, 5.74) is 3.33. The van der Waals surface area contributed by atoms with Crippen LogP contribution in [0.25, 0.3) is 11.1 Å². The van der Waals surface area contributed by atoms with Crippen molar-refractivity contribution in [3.05, 3.63) is 82.1 Å². The van der Waals surface area contributed by atoms with Gasteiger partial charge in [-0.3, -0.25) is 0 Å². The zero-order chi connectivity index (χ0) is 14.8. The van der Waals surface area contributed by atoms with Crippen molar-refractivity contribution >= 4 is 23.2 Å². The maximum absolute atomic E-state index is 10.6. The van der Waals surface area contributed by atoms with Gasteiger partial charge in [-0.15, -0.1) is 0 Å². The van der Waals surface area contributed by atoms with Crippen LogP contribution in [0.4, 0.5) is 0 Å². The van der Waals surface area contributed by atoms with Gasteiger partial charge in [0.15, 0.2) is 0 Å². The molecule has 2 nitrogen and oxygen atoms in total. The Bertz CT molecular complexity index is 752. The van der Waals surface area contributed by atoms with E-state index < -0.39 is 6.10 Å². The lowest BCUT2D eigenvalue weighted by molar-refractivity contribution is 0.221. The van der Waals surface area contributed by atoms with Crippen LogP contribution < -0.4 is 0 Å². The number of nitrogens with one attached hydrogen (secondary N) is 1. The molecule has 0 aliphatic carbocycles. The molecule has 0 amide bonds. The molecule has 2 aromatic carbocycles. The topological polar surface area (TPSA) is 36.0 Å². The fourth-order valence-electron chi connectivity index (χ4n) is 2.36. The fraction of sp³-hybridized carbons (Fsp3) is 0.0588. The van der Waals surface area contributed by atoms with Gasteiger partial charge in [-0.25, -0.2) is 0 Å². The summed E-state index contributed by atoms with van der Waals surface area (Å²) >= 11 is 12.2. The Kier molecular flexibility index (Phi) is 4.02. The molecule has 0 saturated heterocycles. The van der Waals surface area contributed by atoms with E-state index in [9.17, 15) is 5.11 Å². The number of benzene rings is 2. The largest absolute Gasteiger partial charge is 0.384 e. The zero-order valence-corrected chi connectivity index (χ0v) is 12.6. The van der Waals surface area contributed by atoms with Crippen molar-refractivity contribution in [3.8, 4) is 11.1 Å². The van der Waals surface area contributed by atoms with Crippen LogP contribution in [0.2, 0.25) is 10.0 Å². The number of aliphatic hydroxyl groups excluding tert-OH is 1. The van der Waals surface area contributed by atoms with Crippen LogP contribution in [0.1, 0.15) is 17.2 Å². The summed E-state index contributed by atoms with van der Waals surface area (Å²) in [5, 5.41) is 11.7. The van der Waals surface area contributed by atoms with E-state index in [2.05, 4.69) is 4.98 Å². The third-order valence-corrected chi connectivity index (χ3v) is 3.96. The van der Waals surface area contributed by atoms with Crippen LogP contribution in [0, 0.1) is 0 Å². The first-order valence-electron chi connectivity index (χ1n) is 6.52. The molecule has 0 bridgehead atoms. The molecule has 0 spiro atoms. The van der Waals surface area contributed by atoms with Crippen LogP contribution in [0.15, 0.2) is 60.9 Å². The van der Waals surface area contributed by atoms with Gasteiger partial charge in [0.1, 0.15) is 6.10 Å². The van der Waals surface area contributed by atoms with E-state index in [1.807, 2.05) is 42.6 Å². The van der Waals surface area contributed by atoms with Crippen LogP contribution in [-0.4, -0.2) is 10.1 Å². The summed E-state index contributed by atoms with van der Waals surface area (Å²) in [4.78, 5) is 3.04. The molecule has 1 atom stereocenters. The average molecular weight is 318 g/mol. The van der Waals surface area contributed by atoms with Crippen LogP contribution in [0.3, 0.4) is 0 Å². The molecule has 1 heterocycles. The van der Waals surface area contributed by atoms with Gasteiger partial charge in [-0.1, -0.05) is 59.6 Å². The highest BCUT2D eigenvalue weighted by Gasteiger charge is 2.18. The molecule has 0 fully saturated rings. The average Bonchev–Trinajstić information content (AvgIpc) is 2.96. The second kappa shape index (κ2) is 5.94. The molecular weight excluding hydrogens is 305 g/mol. The highest BCUT2D eigenvalue weighted by molar-refractivity contribution is 6.36. The first-order valence-corrected chi connectivity index (χ1v) is 7.27. The van der Waals surface area contributed by atoms with Gasteiger partial charge >= 0.3 is 0 Å². The monoisotopic (exact) mass is 317 g/mol. The van der Waals surface area contributed by atoms with E-state index in [0.29, 0.717) is 10.0 Å². The summed E-state index contributed by atoms with van der Waals surface area (Å²) in [5.74, 6) is 0. The normalized spacial score (nSPS) is 12.3. The minimum absolute atomic E-state index is 0.559. The summed E-state index contributed by atoms with van der Waals surface area (Å²) < 4.78 is 0. The van der Waals surface area contributed by atoms with E-state index in [0.717, 1.165) is 22.3 Å². The van der Waals surface area contributed by atoms with Gasteiger partial charge in [0, 0.05) is 39.1 Å². The van der Waals surface area contributed by atoms with E-state index in [4.69, 9.17) is 23.2 Å². The van der Waals surface area contributed by atoms with Crippen molar-refractivity contribution in [3.63, 3.8) is 0 Å². The minimum atomic E-state index is -0.709. The number of H-pyrrole nitrogens is 1. The molecule has 3 aromatic rings. The number of aliphatic hydroxyl groups is 1. The molecule has 0 aliphatic heterocycles. The zero-order valence-electron chi connectivity index (χ0n) is 11.1. The van der Waals surface area contributed by atoms with Gasteiger partial charge < -0.3 is 10.1 Å². The predicted molar refractivity (Wildman–Crippen MR) is 86.8 cm³/mol. The van der Waals surface area contributed by atoms with Gasteiger partial charge in [0.25, 0.3) is 0 Å². The molecule has 2 N–H and O–H groups in total. The van der Waals surface area contributed by atoms with Crippen molar-refractivity contribution in [2.24, 2.45) is 0 Å². The van der Waals surface area contributed by atoms with Gasteiger partial charge in [0.05, 0.1) is 0 Å². The van der Waals surface area contributed by atoms with E-state index in [-0.39, 0.29) is 0 Å². The Labute approximate surface area is 133 Å². The molecule has 0 unspecified atom stereocenters. The highest BCUT2D eigenvalue weighted by Crippen LogP contribution is 2.36. The van der Waals surface area contributed by atoms with Crippen molar-refractivity contribution in [2.75, 3.05) is 0 Å². The summed E-state index contributed by atoms with van der Waals surface area (Å²) in [6.07, 6.45) is 2.91. The first kappa shape index (κ1) is 14.2. The lowest BCUT2D eigenvalue weighted by atomic mass is 9.97. The minimum Gasteiger partial charge on any atom is -0.384 e. The quantitative estimate of drug-likeness (QED) is 0.695. The van der Waals surface area contributed by atoms with E-state index >= 15 is 0 Å². The summed E-state index contributed by atoms with van der Waals surface area (Å²) in [7, 11) is 0. The Balaban J connectivity index is 2.05. The molecule has 106 valence electrons. The predicted octanol–water partition coefficient (Wildman–Crippen LogP) is 5.07. The number of hydrogen-bond acceptors (Lipinski definition) is 1. The number of hydrogen-bond donors (Lipinski definition) is 2. The van der Waals surface area contributed by atoms with Crippen molar-refractivity contribution in [2.45, 2.75) is 6.10 Å². The Hall–Kier alpha value is -1.74. The van der Waals surface area contributed by atoms with E-state index in [1.54, 1.807) is 18.3 Å². The Morgan fingerprint density at radius 1 is 0.905 bits per heavy atom. The van der Waals surface area contributed by atoms with Crippen molar-refractivity contribution < 1.29 is 5.11 Å². The number of rotatable bonds is 3. The summed E-state index contributed by atoms with van der Waals surface area (Å²) in [6, 6.07) is 14.9. The number of halogens is 2. The Morgan fingerprint density at radius 3 is 2.38 bits per heavy atom. The lowest BCUT2D eigenvalue weighted by Crippen LogP contribution is -1.99. The van der Waals surface area contributed by atoms with Crippen LogP contribution >= 0.6 is 23.2 Å². The van der Waals surface area contributed by atoms with E-state index in [1.165, 1.54) is 0 Å². The maximum atomic E-state index is 10.6. The molecule has 4 heteroatoms. The number of aromatic amines is 1. The second-order valence-corrected chi connectivity index (χ2v) is 5.61. The van der Waals surface area contributed by atoms with Gasteiger partial charge in [-0.05, 0) is 17.7 Å². The van der Waals surface area contributed by atoms with Gasteiger partial charge in [0.2, 0.25) is 0 Å². The van der Waals surface area contributed by atoms with Crippen LogP contribution in [-0.2, 0) is 0 Å². The van der Waals surface area contributed by atoms with Crippen molar-refractivity contribution in [1.82, 2.24) is 4.98 Å². The molecule has 0 saturated carbocycles. The fourth-order valence-corrected chi connectivity index (χ4v) is 2.87. The molecular formula is C17H13Cl2NO. The third kappa shape index (κ3) is 2.84. The van der Waals surface area contributed by atoms with Gasteiger partial charge in [-0.2, -0.15) is 0 Å². The second-order valence-electron chi connectivity index (χ2n) is 4.76. The first-order chi connectivity index (χ1) is 10.2. The van der Waals surface area contributed by atoms with Crippen LogP contribution in [0.5, 0.6) is 0 Å². The molecule has 21 heavy (non-hydrogen) atoms.